The summed E-state index contributed by atoms with van der Waals surface area (Å²) in [7, 11) is 0. The minimum absolute atomic E-state index is 0.0622. The van der Waals surface area contributed by atoms with Crippen molar-refractivity contribution in [2.45, 2.75) is 13.1 Å². The normalized spacial score (nSPS) is 14.7. The number of anilines is 1. The lowest BCUT2D eigenvalue weighted by Crippen LogP contribution is -2.49. The van der Waals surface area contributed by atoms with Crippen LogP contribution in [-0.2, 0) is 6.18 Å². The van der Waals surface area contributed by atoms with Gasteiger partial charge in [0.15, 0.2) is 0 Å². The molecular formula is C22H19ClF3N3O2. The van der Waals surface area contributed by atoms with E-state index in [4.69, 9.17) is 16.0 Å². The Morgan fingerprint density at radius 2 is 1.77 bits per heavy atom. The number of aromatic nitrogens is 1. The van der Waals surface area contributed by atoms with E-state index in [1.807, 2.05) is 30.3 Å². The number of nitrogens with zero attached hydrogens (tertiary/aromatic N) is 3. The predicted octanol–water partition coefficient (Wildman–Crippen LogP) is 5.28. The van der Waals surface area contributed by atoms with E-state index >= 15 is 0 Å². The first-order chi connectivity index (χ1) is 14.7. The molecule has 3 aromatic rings. The number of hydrogen-bond donors (Lipinski definition) is 0. The van der Waals surface area contributed by atoms with E-state index in [1.165, 1.54) is 0 Å². The lowest BCUT2D eigenvalue weighted by Gasteiger charge is -2.35. The molecule has 3 heterocycles. The number of alkyl halides is 3. The van der Waals surface area contributed by atoms with Gasteiger partial charge in [-0.3, -0.25) is 4.79 Å². The van der Waals surface area contributed by atoms with Gasteiger partial charge in [-0.2, -0.15) is 13.2 Å². The molecule has 4 rings (SSSR count). The van der Waals surface area contributed by atoms with Gasteiger partial charge < -0.3 is 14.2 Å². The number of halogens is 4. The van der Waals surface area contributed by atoms with E-state index in [0.717, 1.165) is 17.8 Å². The van der Waals surface area contributed by atoms with Crippen molar-refractivity contribution in [3.63, 3.8) is 0 Å². The Kier molecular flexibility index (Phi) is 5.66. The fraction of sp³-hybridized carbons (Fsp3) is 0.273. The van der Waals surface area contributed by atoms with Crippen LogP contribution in [0.1, 0.15) is 21.7 Å². The molecule has 0 atom stereocenters. The first kappa shape index (κ1) is 21.2. The molecule has 2 aromatic heterocycles. The Balaban J connectivity index is 1.45. The summed E-state index contributed by atoms with van der Waals surface area (Å²) in [6, 6.07) is 12.1. The molecule has 1 aromatic carbocycles. The SMILES string of the molecule is Cc1oc(-c2ccccc2)cc1C(=O)N1CCN(c2ncc(C(F)(F)F)cc2Cl)CC1. The van der Waals surface area contributed by atoms with Crippen molar-refractivity contribution >= 4 is 23.3 Å². The van der Waals surface area contributed by atoms with Crippen LogP contribution >= 0.6 is 11.6 Å². The summed E-state index contributed by atoms with van der Waals surface area (Å²) in [5.74, 6) is 1.31. The van der Waals surface area contributed by atoms with Crippen LogP contribution in [0.15, 0.2) is 53.1 Å². The Morgan fingerprint density at radius 1 is 1.10 bits per heavy atom. The largest absolute Gasteiger partial charge is 0.461 e. The highest BCUT2D eigenvalue weighted by Gasteiger charge is 2.33. The molecule has 0 N–H and O–H groups in total. The molecule has 31 heavy (non-hydrogen) atoms. The highest BCUT2D eigenvalue weighted by atomic mass is 35.5. The van der Waals surface area contributed by atoms with Gasteiger partial charge in [-0.05, 0) is 19.1 Å². The zero-order chi connectivity index (χ0) is 22.2. The second-order valence-electron chi connectivity index (χ2n) is 7.25. The van der Waals surface area contributed by atoms with Gasteiger partial charge in [-0.1, -0.05) is 41.9 Å². The summed E-state index contributed by atoms with van der Waals surface area (Å²) in [5, 5.41) is -0.0622. The van der Waals surface area contributed by atoms with Gasteiger partial charge in [-0.15, -0.1) is 0 Å². The van der Waals surface area contributed by atoms with Crippen molar-refractivity contribution in [2.24, 2.45) is 0 Å². The lowest BCUT2D eigenvalue weighted by molar-refractivity contribution is -0.137. The Labute approximate surface area is 182 Å². The second-order valence-corrected chi connectivity index (χ2v) is 7.66. The molecule has 1 amide bonds. The Morgan fingerprint density at radius 3 is 2.39 bits per heavy atom. The maximum Gasteiger partial charge on any atom is 0.417 e. The van der Waals surface area contributed by atoms with Crippen LogP contribution in [0.25, 0.3) is 11.3 Å². The number of rotatable bonds is 3. The Hall–Kier alpha value is -3.00. The third-order valence-electron chi connectivity index (χ3n) is 5.22. The van der Waals surface area contributed by atoms with E-state index in [-0.39, 0.29) is 16.7 Å². The molecule has 1 aliphatic heterocycles. The van der Waals surface area contributed by atoms with Crippen LogP contribution in [0.5, 0.6) is 0 Å². The molecule has 0 spiro atoms. The number of aryl methyl sites for hydroxylation is 1. The zero-order valence-corrected chi connectivity index (χ0v) is 17.4. The Bertz CT molecular complexity index is 1090. The molecule has 0 radical (unpaired) electrons. The van der Waals surface area contributed by atoms with E-state index in [9.17, 15) is 18.0 Å². The molecule has 0 saturated carbocycles. The molecule has 9 heteroatoms. The number of pyridine rings is 1. The van der Waals surface area contributed by atoms with Crippen LogP contribution in [0.3, 0.4) is 0 Å². The average molecular weight is 450 g/mol. The first-order valence-electron chi connectivity index (χ1n) is 9.67. The van der Waals surface area contributed by atoms with Gasteiger partial charge in [0.05, 0.1) is 16.1 Å². The van der Waals surface area contributed by atoms with Crippen molar-refractivity contribution in [2.75, 3.05) is 31.1 Å². The van der Waals surface area contributed by atoms with Crippen molar-refractivity contribution in [3.8, 4) is 11.3 Å². The number of amides is 1. The number of furan rings is 1. The smallest absolute Gasteiger partial charge is 0.417 e. The monoisotopic (exact) mass is 449 g/mol. The van der Waals surface area contributed by atoms with Crippen LogP contribution in [0.2, 0.25) is 5.02 Å². The van der Waals surface area contributed by atoms with Crippen LogP contribution < -0.4 is 4.90 Å². The van der Waals surface area contributed by atoms with Crippen molar-refractivity contribution in [1.82, 2.24) is 9.88 Å². The molecule has 1 aliphatic rings. The molecule has 0 unspecified atom stereocenters. The molecule has 5 nitrogen and oxygen atoms in total. The third-order valence-corrected chi connectivity index (χ3v) is 5.50. The predicted molar refractivity (Wildman–Crippen MR) is 111 cm³/mol. The number of carbonyl (C=O) groups is 1. The molecular weight excluding hydrogens is 431 g/mol. The lowest BCUT2D eigenvalue weighted by atomic mass is 10.1. The summed E-state index contributed by atoms with van der Waals surface area (Å²) >= 11 is 6.05. The maximum absolute atomic E-state index is 13.0. The van der Waals surface area contributed by atoms with Gasteiger partial charge in [0, 0.05) is 37.9 Å². The molecule has 0 bridgehead atoms. The van der Waals surface area contributed by atoms with Crippen LogP contribution in [0.4, 0.5) is 19.0 Å². The van der Waals surface area contributed by atoms with E-state index < -0.39 is 11.7 Å². The number of piperazine rings is 1. The average Bonchev–Trinajstić information content (AvgIpc) is 3.15. The van der Waals surface area contributed by atoms with Crippen LogP contribution in [-0.4, -0.2) is 42.0 Å². The van der Waals surface area contributed by atoms with E-state index in [2.05, 4.69) is 4.98 Å². The summed E-state index contributed by atoms with van der Waals surface area (Å²) < 4.78 is 44.2. The number of hydrogen-bond acceptors (Lipinski definition) is 4. The summed E-state index contributed by atoms with van der Waals surface area (Å²) in [6.45, 7) is 3.35. The topological polar surface area (TPSA) is 49.6 Å². The van der Waals surface area contributed by atoms with E-state index in [1.54, 1.807) is 22.8 Å². The molecule has 1 saturated heterocycles. The second kappa shape index (κ2) is 8.26. The molecule has 162 valence electrons. The van der Waals surface area contributed by atoms with Gasteiger partial charge in [0.1, 0.15) is 17.3 Å². The van der Waals surface area contributed by atoms with Crippen molar-refractivity contribution < 1.29 is 22.4 Å². The summed E-state index contributed by atoms with van der Waals surface area (Å²) in [6.07, 6.45) is -3.72. The van der Waals surface area contributed by atoms with Gasteiger partial charge in [0.2, 0.25) is 0 Å². The molecule has 0 aliphatic carbocycles. The van der Waals surface area contributed by atoms with Crippen molar-refractivity contribution in [1.29, 1.82) is 0 Å². The van der Waals surface area contributed by atoms with Crippen molar-refractivity contribution in [3.05, 3.63) is 70.6 Å². The number of carbonyl (C=O) groups excluding carboxylic acids is 1. The quantitative estimate of drug-likeness (QED) is 0.545. The number of benzene rings is 1. The van der Waals surface area contributed by atoms with E-state index in [0.29, 0.717) is 43.3 Å². The zero-order valence-electron chi connectivity index (χ0n) is 16.6. The minimum atomic E-state index is -4.50. The fourth-order valence-electron chi connectivity index (χ4n) is 3.55. The van der Waals surface area contributed by atoms with Gasteiger partial charge >= 0.3 is 6.18 Å². The summed E-state index contributed by atoms with van der Waals surface area (Å²) in [4.78, 5) is 20.4. The van der Waals surface area contributed by atoms with Crippen LogP contribution in [0, 0.1) is 6.92 Å². The summed E-state index contributed by atoms with van der Waals surface area (Å²) in [5.41, 5.74) is 0.496. The standard InChI is InChI=1S/C22H19ClF3N3O2/c1-14-17(12-19(31-14)15-5-3-2-4-6-15)21(30)29-9-7-28(8-10-29)20-18(23)11-16(13-27-20)22(24,25)26/h2-6,11-13H,7-10H2,1H3. The van der Waals surface area contributed by atoms with Gasteiger partial charge in [0.25, 0.3) is 5.91 Å². The maximum atomic E-state index is 13.0. The molecule has 1 fully saturated rings. The highest BCUT2D eigenvalue weighted by molar-refractivity contribution is 6.33. The minimum Gasteiger partial charge on any atom is -0.461 e. The highest BCUT2D eigenvalue weighted by Crippen LogP contribution is 2.34. The first-order valence-corrected chi connectivity index (χ1v) is 10.0. The van der Waals surface area contributed by atoms with Gasteiger partial charge in [-0.25, -0.2) is 4.98 Å². The fourth-order valence-corrected chi connectivity index (χ4v) is 3.84. The third kappa shape index (κ3) is 4.39.